The van der Waals surface area contributed by atoms with Crippen LogP contribution in [-0.2, 0) is 14.8 Å². The minimum Gasteiger partial charge on any atom is -0.480 e. The van der Waals surface area contributed by atoms with Gasteiger partial charge in [0.05, 0.1) is 11.8 Å². The number of carboxylic acid groups (broad SMARTS) is 1. The normalized spacial score (nSPS) is 12.5. The lowest BCUT2D eigenvalue weighted by atomic mass is 10.3. The SMILES string of the molecule is O=C(NC[C@@H](NS(=O)(=O)c1cccnc1)C(=O)O)c1ccoc1. The smallest absolute Gasteiger partial charge is 0.323 e. The fraction of sp³-hybridized carbons (Fsp3) is 0.154. The second kappa shape index (κ2) is 7.03. The van der Waals surface area contributed by atoms with E-state index in [4.69, 9.17) is 9.52 Å². The molecular weight excluding hydrogens is 326 g/mol. The van der Waals surface area contributed by atoms with Crippen molar-refractivity contribution in [2.45, 2.75) is 10.9 Å². The molecule has 1 atom stereocenters. The zero-order valence-electron chi connectivity index (χ0n) is 11.7. The first-order valence-electron chi connectivity index (χ1n) is 6.36. The molecule has 0 aromatic carbocycles. The first-order valence-corrected chi connectivity index (χ1v) is 7.84. The Morgan fingerprint density at radius 1 is 1.35 bits per heavy atom. The van der Waals surface area contributed by atoms with Crippen molar-refractivity contribution in [2.75, 3.05) is 6.54 Å². The van der Waals surface area contributed by atoms with E-state index in [2.05, 4.69) is 10.3 Å². The molecule has 1 amide bonds. The van der Waals surface area contributed by atoms with E-state index in [0.717, 1.165) is 6.20 Å². The number of nitrogens with zero attached hydrogens (tertiary/aromatic N) is 1. The summed E-state index contributed by atoms with van der Waals surface area (Å²) in [7, 11) is -4.07. The monoisotopic (exact) mass is 339 g/mol. The summed E-state index contributed by atoms with van der Waals surface area (Å²) in [6, 6.07) is 2.55. The molecule has 9 nitrogen and oxygen atoms in total. The number of rotatable bonds is 7. The molecular formula is C13H13N3O6S. The summed E-state index contributed by atoms with van der Waals surface area (Å²) in [5.41, 5.74) is 0.198. The van der Waals surface area contributed by atoms with Gasteiger partial charge in [-0.2, -0.15) is 4.72 Å². The van der Waals surface area contributed by atoms with Gasteiger partial charge < -0.3 is 14.8 Å². The molecule has 0 aliphatic heterocycles. The van der Waals surface area contributed by atoms with E-state index in [0.29, 0.717) is 0 Å². The van der Waals surface area contributed by atoms with Gasteiger partial charge in [-0.25, -0.2) is 8.42 Å². The van der Waals surface area contributed by atoms with E-state index < -0.39 is 34.5 Å². The summed E-state index contributed by atoms with van der Waals surface area (Å²) in [5, 5.41) is 11.4. The number of pyridine rings is 1. The third-order valence-corrected chi connectivity index (χ3v) is 4.25. The molecule has 0 aliphatic rings. The maximum Gasteiger partial charge on any atom is 0.323 e. The lowest BCUT2D eigenvalue weighted by Gasteiger charge is -2.15. The van der Waals surface area contributed by atoms with Gasteiger partial charge in [-0.3, -0.25) is 14.6 Å². The lowest BCUT2D eigenvalue weighted by molar-refractivity contribution is -0.138. The predicted molar refractivity (Wildman–Crippen MR) is 77.0 cm³/mol. The highest BCUT2D eigenvalue weighted by Gasteiger charge is 2.26. The van der Waals surface area contributed by atoms with Crippen molar-refractivity contribution in [3.63, 3.8) is 0 Å². The average Bonchev–Trinajstić information content (AvgIpc) is 3.06. The Balaban J connectivity index is 2.05. The average molecular weight is 339 g/mol. The van der Waals surface area contributed by atoms with E-state index >= 15 is 0 Å². The van der Waals surface area contributed by atoms with Crippen LogP contribution in [0.3, 0.4) is 0 Å². The lowest BCUT2D eigenvalue weighted by Crippen LogP contribution is -2.48. The van der Waals surface area contributed by atoms with Crippen LogP contribution < -0.4 is 10.0 Å². The van der Waals surface area contributed by atoms with Gasteiger partial charge in [-0.05, 0) is 18.2 Å². The Morgan fingerprint density at radius 2 is 2.13 bits per heavy atom. The summed E-state index contributed by atoms with van der Waals surface area (Å²) < 4.78 is 30.9. The number of carbonyl (C=O) groups excluding carboxylic acids is 1. The Kier molecular flexibility index (Phi) is 5.09. The van der Waals surface area contributed by atoms with Crippen molar-refractivity contribution in [1.29, 1.82) is 0 Å². The summed E-state index contributed by atoms with van der Waals surface area (Å²) in [4.78, 5) is 26.4. The molecule has 0 unspecified atom stereocenters. The van der Waals surface area contributed by atoms with Crippen LogP contribution in [-0.4, -0.2) is 43.0 Å². The van der Waals surface area contributed by atoms with Crippen LogP contribution in [0.4, 0.5) is 0 Å². The zero-order chi connectivity index (χ0) is 16.9. The molecule has 2 aromatic heterocycles. The molecule has 0 bridgehead atoms. The van der Waals surface area contributed by atoms with Crippen molar-refractivity contribution >= 4 is 21.9 Å². The van der Waals surface area contributed by atoms with E-state index in [1.165, 1.54) is 36.9 Å². The summed E-state index contributed by atoms with van der Waals surface area (Å²) in [6.07, 6.45) is 4.95. The molecule has 0 saturated carbocycles. The van der Waals surface area contributed by atoms with E-state index in [-0.39, 0.29) is 10.5 Å². The first kappa shape index (κ1) is 16.6. The van der Waals surface area contributed by atoms with Crippen LogP contribution in [0.1, 0.15) is 10.4 Å². The Hall–Kier alpha value is -2.72. The highest BCUT2D eigenvalue weighted by molar-refractivity contribution is 7.89. The summed E-state index contributed by atoms with van der Waals surface area (Å²) in [5.74, 6) is -2.00. The highest BCUT2D eigenvalue weighted by atomic mass is 32.2. The van der Waals surface area contributed by atoms with E-state index in [1.807, 2.05) is 4.72 Å². The van der Waals surface area contributed by atoms with Crippen LogP contribution in [0, 0.1) is 0 Å². The van der Waals surface area contributed by atoms with Crippen LogP contribution >= 0.6 is 0 Å². The number of furan rings is 1. The molecule has 23 heavy (non-hydrogen) atoms. The van der Waals surface area contributed by atoms with Gasteiger partial charge in [-0.15, -0.1) is 0 Å². The van der Waals surface area contributed by atoms with Crippen molar-refractivity contribution < 1.29 is 27.5 Å². The number of amides is 1. The second-order valence-corrected chi connectivity index (χ2v) is 6.14. The van der Waals surface area contributed by atoms with Gasteiger partial charge in [0.25, 0.3) is 5.91 Å². The number of aromatic nitrogens is 1. The Labute approximate surface area is 131 Å². The quantitative estimate of drug-likeness (QED) is 0.637. The van der Waals surface area contributed by atoms with Crippen LogP contribution in [0.25, 0.3) is 0 Å². The number of carboxylic acids is 1. The Bertz CT molecular complexity index is 773. The van der Waals surface area contributed by atoms with E-state index in [1.54, 1.807) is 0 Å². The minimum absolute atomic E-state index is 0.174. The third kappa shape index (κ3) is 4.37. The van der Waals surface area contributed by atoms with Gasteiger partial charge in [0.1, 0.15) is 17.2 Å². The fourth-order valence-corrected chi connectivity index (χ4v) is 2.78. The molecule has 0 fully saturated rings. The first-order chi connectivity index (χ1) is 10.9. The van der Waals surface area contributed by atoms with Gasteiger partial charge in [0, 0.05) is 18.9 Å². The van der Waals surface area contributed by atoms with Crippen LogP contribution in [0.5, 0.6) is 0 Å². The number of aliphatic carboxylic acids is 1. The van der Waals surface area contributed by atoms with Gasteiger partial charge in [0.2, 0.25) is 10.0 Å². The van der Waals surface area contributed by atoms with Crippen molar-refractivity contribution in [2.24, 2.45) is 0 Å². The molecule has 122 valence electrons. The number of nitrogens with one attached hydrogen (secondary N) is 2. The van der Waals surface area contributed by atoms with Crippen molar-refractivity contribution in [3.05, 3.63) is 48.7 Å². The summed E-state index contributed by atoms with van der Waals surface area (Å²) in [6.45, 7) is -0.432. The largest absolute Gasteiger partial charge is 0.480 e. The van der Waals surface area contributed by atoms with E-state index in [9.17, 15) is 18.0 Å². The fourth-order valence-electron chi connectivity index (χ4n) is 1.63. The second-order valence-electron chi connectivity index (χ2n) is 4.42. The molecule has 2 rings (SSSR count). The molecule has 2 heterocycles. The predicted octanol–water partition coefficient (Wildman–Crippen LogP) is -0.164. The number of sulfonamides is 1. The van der Waals surface area contributed by atoms with Gasteiger partial charge in [0.15, 0.2) is 0 Å². The maximum atomic E-state index is 12.1. The van der Waals surface area contributed by atoms with Crippen molar-refractivity contribution in [3.8, 4) is 0 Å². The Morgan fingerprint density at radius 3 is 2.70 bits per heavy atom. The number of hydrogen-bond acceptors (Lipinski definition) is 6. The number of hydrogen-bond donors (Lipinski definition) is 3. The molecule has 0 aliphatic carbocycles. The van der Waals surface area contributed by atoms with Gasteiger partial charge >= 0.3 is 5.97 Å². The molecule has 3 N–H and O–H groups in total. The molecule has 0 spiro atoms. The topological polar surface area (TPSA) is 139 Å². The highest BCUT2D eigenvalue weighted by Crippen LogP contribution is 2.06. The minimum atomic E-state index is -4.07. The standard InChI is InChI=1S/C13H13N3O6S/c17-12(9-3-5-22-8-9)15-7-11(13(18)19)16-23(20,21)10-2-1-4-14-6-10/h1-6,8,11,16H,7H2,(H,15,17)(H,18,19)/t11-/m1/s1. The zero-order valence-corrected chi connectivity index (χ0v) is 12.5. The molecule has 0 saturated heterocycles. The van der Waals surface area contributed by atoms with Crippen molar-refractivity contribution in [1.82, 2.24) is 15.0 Å². The third-order valence-electron chi connectivity index (χ3n) is 2.79. The molecule has 10 heteroatoms. The molecule has 0 radical (unpaired) electrons. The van der Waals surface area contributed by atoms with Crippen LogP contribution in [0.15, 0.2) is 52.4 Å². The van der Waals surface area contributed by atoms with Crippen LogP contribution in [0.2, 0.25) is 0 Å². The maximum absolute atomic E-state index is 12.1. The number of carbonyl (C=O) groups is 2. The molecule has 2 aromatic rings. The van der Waals surface area contributed by atoms with Gasteiger partial charge in [-0.1, -0.05) is 0 Å². The summed E-state index contributed by atoms with van der Waals surface area (Å²) >= 11 is 0.